The number of hydrogen-bond acceptors (Lipinski definition) is 5. The molecular weight excluding hydrogens is 413 g/mol. The number of imide groups is 1. The number of hydrogen-bond donors (Lipinski definition) is 2. The molecule has 1 spiro atoms. The number of nitrogens with zero attached hydrogens (tertiary/aromatic N) is 2. The van der Waals surface area contributed by atoms with Gasteiger partial charge in [-0.2, -0.15) is 0 Å². The quantitative estimate of drug-likeness (QED) is 0.496. The Morgan fingerprint density at radius 3 is 2.53 bits per heavy atom. The SMILES string of the molecule is CC1(C)CC2(NC(=O)N(CCCCCCN3CCC(O)CC3)C2=O)c2cc(F)ccc2O1. The number of amides is 3. The summed E-state index contributed by atoms with van der Waals surface area (Å²) in [7, 11) is 0. The summed E-state index contributed by atoms with van der Waals surface area (Å²) >= 11 is 0. The highest BCUT2D eigenvalue weighted by molar-refractivity contribution is 6.08. The van der Waals surface area contributed by atoms with Crippen LogP contribution in [0.5, 0.6) is 5.75 Å². The number of urea groups is 1. The molecule has 8 heteroatoms. The minimum atomic E-state index is -1.28. The van der Waals surface area contributed by atoms with E-state index in [9.17, 15) is 19.1 Å². The zero-order valence-electron chi connectivity index (χ0n) is 19.0. The normalized spacial score (nSPS) is 25.7. The molecule has 0 radical (unpaired) electrons. The molecule has 3 heterocycles. The van der Waals surface area contributed by atoms with Gasteiger partial charge in [-0.3, -0.25) is 9.69 Å². The molecule has 7 nitrogen and oxygen atoms in total. The van der Waals surface area contributed by atoms with Crippen molar-refractivity contribution < 1.29 is 23.8 Å². The van der Waals surface area contributed by atoms with Gasteiger partial charge in [0.1, 0.15) is 17.2 Å². The number of aliphatic hydroxyl groups excluding tert-OH is 1. The summed E-state index contributed by atoms with van der Waals surface area (Å²) in [5, 5.41) is 12.5. The average Bonchev–Trinajstić information content (AvgIpc) is 2.96. The Bertz CT molecular complexity index is 869. The molecule has 0 bridgehead atoms. The van der Waals surface area contributed by atoms with Crippen molar-refractivity contribution in [3.63, 3.8) is 0 Å². The topological polar surface area (TPSA) is 82.1 Å². The van der Waals surface area contributed by atoms with Gasteiger partial charge in [0.25, 0.3) is 5.91 Å². The van der Waals surface area contributed by atoms with Gasteiger partial charge in [-0.15, -0.1) is 0 Å². The van der Waals surface area contributed by atoms with Gasteiger partial charge < -0.3 is 20.1 Å². The maximum absolute atomic E-state index is 14.0. The number of fused-ring (bicyclic) bond motifs is 2. The molecule has 32 heavy (non-hydrogen) atoms. The lowest BCUT2D eigenvalue weighted by atomic mass is 9.77. The van der Waals surface area contributed by atoms with Gasteiger partial charge in [0.2, 0.25) is 0 Å². The van der Waals surface area contributed by atoms with E-state index in [0.29, 0.717) is 17.9 Å². The highest BCUT2D eigenvalue weighted by Gasteiger charge is 2.58. The molecule has 3 aliphatic rings. The fourth-order valence-electron chi connectivity index (χ4n) is 5.23. The van der Waals surface area contributed by atoms with Crippen molar-refractivity contribution in [2.75, 3.05) is 26.2 Å². The number of ether oxygens (including phenoxy) is 1. The van der Waals surface area contributed by atoms with Gasteiger partial charge in [0, 0.05) is 31.6 Å². The van der Waals surface area contributed by atoms with E-state index < -0.39 is 23.0 Å². The number of halogens is 1. The number of nitrogens with one attached hydrogen (secondary N) is 1. The maximum Gasteiger partial charge on any atom is 0.325 e. The zero-order chi connectivity index (χ0) is 22.9. The van der Waals surface area contributed by atoms with E-state index >= 15 is 0 Å². The Morgan fingerprint density at radius 2 is 1.81 bits per heavy atom. The van der Waals surface area contributed by atoms with Gasteiger partial charge in [-0.05, 0) is 64.3 Å². The Kier molecular flexibility index (Phi) is 6.45. The third kappa shape index (κ3) is 4.62. The van der Waals surface area contributed by atoms with Gasteiger partial charge >= 0.3 is 6.03 Å². The maximum atomic E-state index is 14.0. The lowest BCUT2D eigenvalue weighted by Gasteiger charge is -2.42. The molecule has 3 amide bonds. The van der Waals surface area contributed by atoms with Crippen LogP contribution in [0.1, 0.15) is 64.4 Å². The third-order valence-electron chi connectivity index (χ3n) is 6.82. The summed E-state index contributed by atoms with van der Waals surface area (Å²) in [5.74, 6) is -0.351. The van der Waals surface area contributed by atoms with Gasteiger partial charge in [0.05, 0.1) is 6.10 Å². The van der Waals surface area contributed by atoms with E-state index in [1.807, 2.05) is 13.8 Å². The van der Waals surface area contributed by atoms with Crippen molar-refractivity contribution in [2.45, 2.75) is 76.0 Å². The average molecular weight is 448 g/mol. The van der Waals surface area contributed by atoms with Gasteiger partial charge in [0.15, 0.2) is 5.54 Å². The first-order chi connectivity index (χ1) is 15.2. The molecule has 0 aromatic heterocycles. The van der Waals surface area contributed by atoms with E-state index in [1.165, 1.54) is 23.1 Å². The highest BCUT2D eigenvalue weighted by atomic mass is 19.1. The molecule has 2 saturated heterocycles. The molecule has 0 aliphatic carbocycles. The molecule has 3 aliphatic heterocycles. The van der Waals surface area contributed by atoms with Crippen LogP contribution < -0.4 is 10.1 Å². The van der Waals surface area contributed by atoms with Crippen molar-refractivity contribution in [2.24, 2.45) is 0 Å². The molecule has 1 aromatic rings. The van der Waals surface area contributed by atoms with Crippen LogP contribution in [-0.4, -0.2) is 64.7 Å². The number of benzene rings is 1. The minimum Gasteiger partial charge on any atom is -0.487 e. The van der Waals surface area contributed by atoms with Crippen molar-refractivity contribution in [1.82, 2.24) is 15.1 Å². The second-order valence-corrected chi connectivity index (χ2v) is 9.96. The first kappa shape index (κ1) is 23.0. The van der Waals surface area contributed by atoms with E-state index in [1.54, 1.807) is 0 Å². The summed E-state index contributed by atoms with van der Waals surface area (Å²) in [6.07, 6.45) is 5.57. The lowest BCUT2D eigenvalue weighted by Crippen LogP contribution is -2.53. The number of unbranched alkanes of at least 4 members (excludes halogenated alkanes) is 3. The molecule has 1 aromatic carbocycles. The first-order valence-electron chi connectivity index (χ1n) is 11.7. The Labute approximate surface area is 188 Å². The molecule has 1 atom stereocenters. The van der Waals surface area contributed by atoms with Crippen LogP contribution in [0.2, 0.25) is 0 Å². The van der Waals surface area contributed by atoms with E-state index in [2.05, 4.69) is 10.2 Å². The second-order valence-electron chi connectivity index (χ2n) is 9.96. The number of carbonyl (C=O) groups is 2. The van der Waals surface area contributed by atoms with E-state index in [4.69, 9.17) is 4.74 Å². The second kappa shape index (κ2) is 8.98. The summed E-state index contributed by atoms with van der Waals surface area (Å²) in [6.45, 7) is 7.02. The zero-order valence-corrected chi connectivity index (χ0v) is 19.0. The van der Waals surface area contributed by atoms with Crippen molar-refractivity contribution in [3.05, 3.63) is 29.6 Å². The molecule has 0 saturated carbocycles. The fraction of sp³-hybridized carbons (Fsp3) is 0.667. The lowest BCUT2D eigenvalue weighted by molar-refractivity contribution is -0.134. The predicted molar refractivity (Wildman–Crippen MR) is 118 cm³/mol. The molecule has 176 valence electrons. The first-order valence-corrected chi connectivity index (χ1v) is 11.7. The predicted octanol–water partition coefficient (Wildman–Crippen LogP) is 3.15. The van der Waals surface area contributed by atoms with Crippen LogP contribution in [0.25, 0.3) is 0 Å². The van der Waals surface area contributed by atoms with Crippen LogP contribution in [0.3, 0.4) is 0 Å². The Hall–Kier alpha value is -2.19. The Morgan fingerprint density at radius 1 is 1.12 bits per heavy atom. The third-order valence-corrected chi connectivity index (χ3v) is 6.82. The van der Waals surface area contributed by atoms with Crippen molar-refractivity contribution in [1.29, 1.82) is 0 Å². The highest BCUT2D eigenvalue weighted by Crippen LogP contribution is 2.46. The number of likely N-dealkylation sites (tertiary alicyclic amines) is 1. The molecular formula is C24H34FN3O4. The summed E-state index contributed by atoms with van der Waals surface area (Å²) < 4.78 is 20.0. The number of aliphatic hydroxyl groups is 1. The van der Waals surface area contributed by atoms with Crippen LogP contribution in [-0.2, 0) is 10.3 Å². The largest absolute Gasteiger partial charge is 0.487 e. The molecule has 1 unspecified atom stereocenters. The van der Waals surface area contributed by atoms with Crippen LogP contribution in [0, 0.1) is 5.82 Å². The van der Waals surface area contributed by atoms with E-state index in [-0.39, 0.29) is 18.4 Å². The number of piperidine rings is 1. The van der Waals surface area contributed by atoms with Crippen LogP contribution in [0.15, 0.2) is 18.2 Å². The molecule has 4 rings (SSSR count). The minimum absolute atomic E-state index is 0.150. The summed E-state index contributed by atoms with van der Waals surface area (Å²) in [5.41, 5.74) is -1.56. The molecule has 2 N–H and O–H groups in total. The van der Waals surface area contributed by atoms with Crippen molar-refractivity contribution in [3.8, 4) is 5.75 Å². The number of rotatable bonds is 7. The van der Waals surface area contributed by atoms with E-state index in [0.717, 1.165) is 58.2 Å². The van der Waals surface area contributed by atoms with Crippen molar-refractivity contribution >= 4 is 11.9 Å². The van der Waals surface area contributed by atoms with Crippen LogP contribution in [0.4, 0.5) is 9.18 Å². The van der Waals surface area contributed by atoms with Crippen LogP contribution >= 0.6 is 0 Å². The van der Waals surface area contributed by atoms with Gasteiger partial charge in [-0.25, -0.2) is 9.18 Å². The smallest absolute Gasteiger partial charge is 0.325 e. The van der Waals surface area contributed by atoms with Gasteiger partial charge in [-0.1, -0.05) is 12.8 Å². The number of carbonyl (C=O) groups excluding carboxylic acids is 2. The summed E-state index contributed by atoms with van der Waals surface area (Å²) in [4.78, 5) is 29.9. The Balaban J connectivity index is 1.33. The monoisotopic (exact) mass is 447 g/mol. The fourth-order valence-corrected chi connectivity index (χ4v) is 5.23. The standard InChI is InChI=1S/C24H34FN3O4/c1-23(2)16-24(19-15-17(25)7-8-20(19)32-23)21(30)28(22(31)26-24)12-6-4-3-5-11-27-13-9-18(29)10-14-27/h7-8,15,18,29H,3-6,9-14,16H2,1-2H3,(H,26,31). The molecule has 2 fully saturated rings. The summed E-state index contributed by atoms with van der Waals surface area (Å²) in [6, 6.07) is 3.71.